The first kappa shape index (κ1) is 19.1. The largest absolute Gasteiger partial charge is 0.476 e. The maximum absolute atomic E-state index is 12.2. The first-order valence-corrected chi connectivity index (χ1v) is 9.89. The van der Waals surface area contributed by atoms with E-state index in [2.05, 4.69) is 27.3 Å². The second kappa shape index (κ2) is 7.54. The number of carbonyl (C=O) groups is 1. The van der Waals surface area contributed by atoms with Crippen LogP contribution in [0.5, 0.6) is 11.6 Å². The van der Waals surface area contributed by atoms with Gasteiger partial charge in [0.05, 0.1) is 4.90 Å². The Morgan fingerprint density at radius 2 is 1.89 bits per heavy atom. The Balaban J connectivity index is 2.10. The fraction of sp³-hybridized carbons (Fsp3) is 0.105. The highest BCUT2D eigenvalue weighted by molar-refractivity contribution is 7.90. The van der Waals surface area contributed by atoms with Crippen molar-refractivity contribution in [3.63, 3.8) is 0 Å². The van der Waals surface area contributed by atoms with Crippen molar-refractivity contribution < 1.29 is 23.1 Å². The summed E-state index contributed by atoms with van der Waals surface area (Å²) in [5, 5.41) is 18.3. The summed E-state index contributed by atoms with van der Waals surface area (Å²) >= 11 is 0. The van der Waals surface area contributed by atoms with Crippen molar-refractivity contribution in [2.45, 2.75) is 11.8 Å². The number of rotatable bonds is 4. The van der Waals surface area contributed by atoms with Gasteiger partial charge in [0.2, 0.25) is 5.69 Å². The van der Waals surface area contributed by atoms with Gasteiger partial charge in [0.15, 0.2) is 9.84 Å². The van der Waals surface area contributed by atoms with Crippen molar-refractivity contribution in [1.29, 1.82) is 0 Å². The predicted octanol–water partition coefficient (Wildman–Crippen LogP) is 2.41. The molecule has 142 valence electrons. The Bertz CT molecular complexity index is 1210. The van der Waals surface area contributed by atoms with Gasteiger partial charge in [0.25, 0.3) is 5.88 Å². The second-order valence-electron chi connectivity index (χ2n) is 5.90. The normalized spacial score (nSPS) is 10.8. The third kappa shape index (κ3) is 4.19. The smallest absolute Gasteiger partial charge is 0.362 e. The van der Waals surface area contributed by atoms with Gasteiger partial charge in [0.1, 0.15) is 5.75 Å². The molecule has 0 aliphatic rings. The summed E-state index contributed by atoms with van der Waals surface area (Å²) in [4.78, 5) is 11.2. The molecule has 0 unspecified atom stereocenters. The molecule has 0 bridgehead atoms. The van der Waals surface area contributed by atoms with E-state index in [0.29, 0.717) is 5.56 Å². The monoisotopic (exact) mass is 397 g/mol. The van der Waals surface area contributed by atoms with E-state index in [9.17, 15) is 13.2 Å². The average Bonchev–Trinajstić information content (AvgIpc) is 3.07. The van der Waals surface area contributed by atoms with Crippen molar-refractivity contribution in [2.24, 2.45) is 0 Å². The second-order valence-corrected chi connectivity index (χ2v) is 7.85. The minimum absolute atomic E-state index is 0.0875. The minimum atomic E-state index is -3.55. The number of ether oxygens (including phenoxy) is 1. The van der Waals surface area contributed by atoms with Gasteiger partial charge < -0.3 is 9.84 Å². The van der Waals surface area contributed by atoms with E-state index in [1.54, 1.807) is 19.1 Å². The standard InChI is InChI=1S/C19H15N3O5S/c1-12-10-15(27-18-16(19(23)24)20-22-21-18)11-14(17(12)28(2,25)26)9-8-13-6-4-3-5-7-13/h3-7,10-11H,1-2H3,(H,23,24)(H,20,21,22). The maximum Gasteiger partial charge on any atom is 0.362 e. The van der Waals surface area contributed by atoms with Crippen LogP contribution in [0.1, 0.15) is 27.2 Å². The van der Waals surface area contributed by atoms with E-state index in [0.717, 1.165) is 11.8 Å². The molecular formula is C19H15N3O5S. The lowest BCUT2D eigenvalue weighted by Gasteiger charge is -2.10. The average molecular weight is 397 g/mol. The van der Waals surface area contributed by atoms with E-state index < -0.39 is 15.8 Å². The number of sulfone groups is 1. The molecule has 1 aromatic heterocycles. The zero-order valence-electron chi connectivity index (χ0n) is 14.9. The summed E-state index contributed by atoms with van der Waals surface area (Å²) in [5.74, 6) is 4.52. The van der Waals surface area contributed by atoms with Gasteiger partial charge in [-0.2, -0.15) is 0 Å². The van der Waals surface area contributed by atoms with Crippen LogP contribution in [-0.4, -0.2) is 41.2 Å². The van der Waals surface area contributed by atoms with Gasteiger partial charge in [-0.25, -0.2) is 18.3 Å². The molecule has 2 aromatic carbocycles. The number of aromatic amines is 1. The van der Waals surface area contributed by atoms with Crippen LogP contribution in [0.4, 0.5) is 0 Å². The Hall–Kier alpha value is -3.64. The Morgan fingerprint density at radius 1 is 1.18 bits per heavy atom. The van der Waals surface area contributed by atoms with E-state index >= 15 is 0 Å². The lowest BCUT2D eigenvalue weighted by molar-refractivity contribution is 0.0687. The van der Waals surface area contributed by atoms with Gasteiger partial charge in [0, 0.05) is 17.4 Å². The quantitative estimate of drug-likeness (QED) is 0.648. The number of hydrogen-bond donors (Lipinski definition) is 2. The SMILES string of the molecule is Cc1cc(Oc2[nH]nnc2C(=O)O)cc(C#Cc2ccccc2)c1S(C)(=O)=O. The molecule has 0 aliphatic carbocycles. The molecule has 0 spiro atoms. The van der Waals surface area contributed by atoms with Crippen LogP contribution >= 0.6 is 0 Å². The topological polar surface area (TPSA) is 122 Å². The van der Waals surface area contributed by atoms with E-state index in [-0.39, 0.29) is 27.8 Å². The lowest BCUT2D eigenvalue weighted by Crippen LogP contribution is -2.05. The molecule has 0 radical (unpaired) electrons. The number of nitrogens with zero attached hydrogens (tertiary/aromatic N) is 2. The molecule has 9 heteroatoms. The van der Waals surface area contributed by atoms with Crippen molar-refractivity contribution in [3.8, 4) is 23.5 Å². The molecule has 0 saturated heterocycles. The van der Waals surface area contributed by atoms with Crippen LogP contribution in [0.15, 0.2) is 47.4 Å². The maximum atomic E-state index is 12.2. The van der Waals surface area contributed by atoms with Crippen LogP contribution in [-0.2, 0) is 9.84 Å². The van der Waals surface area contributed by atoms with Gasteiger partial charge in [-0.05, 0) is 36.8 Å². The summed E-state index contributed by atoms with van der Waals surface area (Å²) in [5.41, 5.74) is 0.992. The number of nitrogens with one attached hydrogen (secondary N) is 1. The van der Waals surface area contributed by atoms with E-state index in [4.69, 9.17) is 9.84 Å². The fourth-order valence-corrected chi connectivity index (χ4v) is 3.75. The van der Waals surface area contributed by atoms with Crippen LogP contribution in [0.25, 0.3) is 0 Å². The highest BCUT2D eigenvalue weighted by Crippen LogP contribution is 2.29. The molecule has 0 fully saturated rings. The molecule has 2 N–H and O–H groups in total. The molecule has 3 rings (SSSR count). The van der Waals surface area contributed by atoms with Crippen molar-refractivity contribution in [3.05, 3.63) is 64.8 Å². The zero-order chi connectivity index (χ0) is 20.3. The van der Waals surface area contributed by atoms with Crippen LogP contribution < -0.4 is 4.74 Å². The number of benzene rings is 2. The number of hydrogen-bond acceptors (Lipinski definition) is 6. The number of H-pyrrole nitrogens is 1. The molecular weight excluding hydrogens is 382 g/mol. The number of aromatic carboxylic acids is 1. The van der Waals surface area contributed by atoms with Crippen LogP contribution in [0, 0.1) is 18.8 Å². The number of carboxylic acid groups (broad SMARTS) is 1. The van der Waals surface area contributed by atoms with E-state index in [1.165, 1.54) is 12.1 Å². The first-order valence-electron chi connectivity index (χ1n) is 7.99. The van der Waals surface area contributed by atoms with Gasteiger partial charge in [-0.15, -0.1) is 5.10 Å². The van der Waals surface area contributed by atoms with Gasteiger partial charge >= 0.3 is 5.97 Å². The number of aryl methyl sites for hydroxylation is 1. The Labute approximate surface area is 161 Å². The molecule has 0 amide bonds. The summed E-state index contributed by atoms with van der Waals surface area (Å²) in [6, 6.07) is 12.0. The molecule has 0 aliphatic heterocycles. The third-order valence-corrected chi connectivity index (χ3v) is 4.96. The summed E-state index contributed by atoms with van der Waals surface area (Å²) in [6.07, 6.45) is 1.10. The van der Waals surface area contributed by atoms with Gasteiger partial charge in [-0.3, -0.25) is 0 Å². The first-order chi connectivity index (χ1) is 13.3. The van der Waals surface area contributed by atoms with Gasteiger partial charge in [-0.1, -0.05) is 35.3 Å². The molecule has 28 heavy (non-hydrogen) atoms. The molecule has 8 nitrogen and oxygen atoms in total. The van der Waals surface area contributed by atoms with Crippen molar-refractivity contribution in [1.82, 2.24) is 15.4 Å². The van der Waals surface area contributed by atoms with Crippen molar-refractivity contribution >= 4 is 15.8 Å². The summed E-state index contributed by atoms with van der Waals surface area (Å²) in [7, 11) is -3.55. The Morgan fingerprint density at radius 3 is 2.54 bits per heavy atom. The van der Waals surface area contributed by atoms with Crippen molar-refractivity contribution in [2.75, 3.05) is 6.26 Å². The number of aromatic nitrogens is 3. The third-order valence-electron chi connectivity index (χ3n) is 3.67. The highest BCUT2D eigenvalue weighted by atomic mass is 32.2. The summed E-state index contributed by atoms with van der Waals surface area (Å²) in [6.45, 7) is 1.61. The minimum Gasteiger partial charge on any atom is -0.476 e. The molecule has 1 heterocycles. The lowest BCUT2D eigenvalue weighted by atomic mass is 10.1. The number of carboxylic acids is 1. The van der Waals surface area contributed by atoms with Crippen LogP contribution in [0.2, 0.25) is 0 Å². The van der Waals surface area contributed by atoms with Crippen LogP contribution in [0.3, 0.4) is 0 Å². The Kier molecular flexibility index (Phi) is 5.15. The molecule has 0 saturated carbocycles. The highest BCUT2D eigenvalue weighted by Gasteiger charge is 2.20. The molecule has 0 atom stereocenters. The molecule has 3 aromatic rings. The fourth-order valence-electron chi connectivity index (χ4n) is 2.59. The zero-order valence-corrected chi connectivity index (χ0v) is 15.7. The van der Waals surface area contributed by atoms with E-state index in [1.807, 2.05) is 18.2 Å². The predicted molar refractivity (Wildman–Crippen MR) is 100 cm³/mol. The summed E-state index contributed by atoms with van der Waals surface area (Å²) < 4.78 is 30.0.